The normalized spacial score (nSPS) is 12.2. The van der Waals surface area contributed by atoms with Gasteiger partial charge in [-0.05, 0) is 25.5 Å². The molecule has 0 bridgehead atoms. The van der Waals surface area contributed by atoms with Crippen LogP contribution in [-0.2, 0) is 0 Å². The topological polar surface area (TPSA) is 20.3 Å². The minimum Gasteiger partial charge on any atom is -0.336 e. The number of alkyl halides is 2. The van der Waals surface area contributed by atoms with Crippen LogP contribution >= 0.6 is 23.2 Å². The predicted molar refractivity (Wildman–Crippen MR) is 73.1 cm³/mol. The molecule has 0 saturated carbocycles. The van der Waals surface area contributed by atoms with Crippen LogP contribution in [-0.4, -0.2) is 35.2 Å². The number of hydrogen-bond acceptors (Lipinski definition) is 1. The summed E-state index contributed by atoms with van der Waals surface area (Å²) in [5.74, 6) is 0.414. The van der Waals surface area contributed by atoms with Crippen LogP contribution in [0.1, 0.15) is 22.8 Å². The third kappa shape index (κ3) is 4.21. The van der Waals surface area contributed by atoms with E-state index < -0.39 is 0 Å². The fourth-order valence-electron chi connectivity index (χ4n) is 1.66. The summed E-state index contributed by atoms with van der Waals surface area (Å²) in [5.41, 5.74) is 1.69. The zero-order valence-electron chi connectivity index (χ0n) is 10.1. The van der Waals surface area contributed by atoms with E-state index in [4.69, 9.17) is 23.2 Å². The van der Waals surface area contributed by atoms with E-state index in [2.05, 4.69) is 0 Å². The first-order valence-corrected chi connectivity index (χ1v) is 6.58. The Morgan fingerprint density at radius 1 is 1.41 bits per heavy atom. The van der Waals surface area contributed by atoms with Crippen LogP contribution in [0.2, 0.25) is 0 Å². The molecule has 0 aliphatic heterocycles. The molecule has 1 amide bonds. The highest BCUT2D eigenvalue weighted by molar-refractivity contribution is 6.20. The molecule has 17 heavy (non-hydrogen) atoms. The van der Waals surface area contributed by atoms with E-state index in [-0.39, 0.29) is 11.3 Å². The van der Waals surface area contributed by atoms with E-state index in [1.165, 1.54) is 0 Å². The van der Waals surface area contributed by atoms with Crippen LogP contribution in [0.4, 0.5) is 0 Å². The molecule has 0 aromatic heterocycles. The minimum atomic E-state index is -0.0776. The molecule has 1 aromatic carbocycles. The van der Waals surface area contributed by atoms with Gasteiger partial charge in [0, 0.05) is 29.9 Å². The Kier molecular flexibility index (Phi) is 5.79. The maximum Gasteiger partial charge on any atom is 0.254 e. The van der Waals surface area contributed by atoms with Gasteiger partial charge in [0.05, 0.1) is 0 Å². The van der Waals surface area contributed by atoms with Crippen molar-refractivity contribution in [1.82, 2.24) is 4.90 Å². The third-order valence-corrected chi connectivity index (χ3v) is 2.80. The largest absolute Gasteiger partial charge is 0.336 e. The second-order valence-corrected chi connectivity index (χ2v) is 5.16. The molecule has 0 aliphatic rings. The van der Waals surface area contributed by atoms with E-state index in [1.54, 1.807) is 4.90 Å². The van der Waals surface area contributed by atoms with Crippen LogP contribution in [0.15, 0.2) is 24.3 Å². The molecular formula is C13H17Cl2NO. The van der Waals surface area contributed by atoms with Gasteiger partial charge in [0.1, 0.15) is 0 Å². The van der Waals surface area contributed by atoms with Crippen molar-refractivity contribution in [2.75, 3.05) is 19.0 Å². The van der Waals surface area contributed by atoms with Crippen molar-refractivity contribution in [1.29, 1.82) is 0 Å². The molecule has 0 radical (unpaired) electrons. The second kappa shape index (κ2) is 6.87. The summed E-state index contributed by atoms with van der Waals surface area (Å²) in [6.07, 6.45) is 0. The lowest BCUT2D eigenvalue weighted by atomic mass is 10.1. The average molecular weight is 274 g/mol. The SMILES string of the molecule is Cc1ccccc1C(=O)N(CCCl)CC(C)Cl. The van der Waals surface area contributed by atoms with E-state index in [1.807, 2.05) is 38.1 Å². The monoisotopic (exact) mass is 273 g/mol. The van der Waals surface area contributed by atoms with Gasteiger partial charge in [0.15, 0.2) is 0 Å². The van der Waals surface area contributed by atoms with Crippen molar-refractivity contribution < 1.29 is 4.79 Å². The maximum atomic E-state index is 12.3. The zero-order valence-corrected chi connectivity index (χ0v) is 11.6. The molecule has 0 spiro atoms. The van der Waals surface area contributed by atoms with Crippen molar-refractivity contribution in [3.63, 3.8) is 0 Å². The summed E-state index contributed by atoms with van der Waals surface area (Å²) in [4.78, 5) is 14.0. The molecule has 0 aliphatic carbocycles. The first-order valence-electron chi connectivity index (χ1n) is 5.61. The molecule has 1 rings (SSSR count). The van der Waals surface area contributed by atoms with E-state index in [0.717, 1.165) is 11.1 Å². The summed E-state index contributed by atoms with van der Waals surface area (Å²) in [6.45, 7) is 4.83. The highest BCUT2D eigenvalue weighted by Crippen LogP contribution is 2.12. The van der Waals surface area contributed by atoms with Gasteiger partial charge >= 0.3 is 0 Å². The van der Waals surface area contributed by atoms with Crippen molar-refractivity contribution in [2.45, 2.75) is 19.2 Å². The van der Waals surface area contributed by atoms with Gasteiger partial charge in [-0.3, -0.25) is 4.79 Å². The standard InChI is InChI=1S/C13H17Cl2NO/c1-10-5-3-4-6-12(10)13(17)16(8-7-14)9-11(2)15/h3-6,11H,7-9H2,1-2H3. The summed E-state index contributed by atoms with van der Waals surface area (Å²) in [7, 11) is 0. The second-order valence-electron chi connectivity index (χ2n) is 4.04. The van der Waals surface area contributed by atoms with Crippen LogP contribution in [0.3, 0.4) is 0 Å². The first kappa shape index (κ1) is 14.3. The van der Waals surface area contributed by atoms with Crippen LogP contribution in [0, 0.1) is 6.92 Å². The van der Waals surface area contributed by atoms with Crippen molar-refractivity contribution >= 4 is 29.1 Å². The van der Waals surface area contributed by atoms with E-state index >= 15 is 0 Å². The summed E-state index contributed by atoms with van der Waals surface area (Å²) < 4.78 is 0. The summed E-state index contributed by atoms with van der Waals surface area (Å²) in [6, 6.07) is 7.54. The summed E-state index contributed by atoms with van der Waals surface area (Å²) >= 11 is 11.7. The van der Waals surface area contributed by atoms with Crippen molar-refractivity contribution in [2.24, 2.45) is 0 Å². The highest BCUT2D eigenvalue weighted by atomic mass is 35.5. The lowest BCUT2D eigenvalue weighted by Gasteiger charge is -2.23. The number of halogens is 2. The fraction of sp³-hybridized carbons (Fsp3) is 0.462. The number of rotatable bonds is 5. The Labute approximate surface area is 113 Å². The predicted octanol–water partition coefficient (Wildman–Crippen LogP) is 3.30. The van der Waals surface area contributed by atoms with Gasteiger partial charge in [0.25, 0.3) is 5.91 Å². The summed E-state index contributed by atoms with van der Waals surface area (Å²) in [5, 5.41) is -0.0776. The molecule has 0 heterocycles. The molecule has 1 aromatic rings. The molecule has 2 nitrogen and oxygen atoms in total. The molecule has 0 saturated heterocycles. The number of nitrogens with zero attached hydrogens (tertiary/aromatic N) is 1. The van der Waals surface area contributed by atoms with Gasteiger partial charge in [0.2, 0.25) is 0 Å². The maximum absolute atomic E-state index is 12.3. The Bertz CT molecular complexity index is 379. The molecule has 4 heteroatoms. The molecule has 1 unspecified atom stereocenters. The molecule has 0 fully saturated rings. The number of carbonyl (C=O) groups excluding carboxylic acids is 1. The molecular weight excluding hydrogens is 257 g/mol. The van der Waals surface area contributed by atoms with Crippen molar-refractivity contribution in [3.8, 4) is 0 Å². The van der Waals surface area contributed by atoms with Gasteiger partial charge in [-0.2, -0.15) is 0 Å². The lowest BCUT2D eigenvalue weighted by Crippen LogP contribution is -2.37. The number of benzene rings is 1. The van der Waals surface area contributed by atoms with E-state index in [9.17, 15) is 4.79 Å². The first-order chi connectivity index (χ1) is 8.06. The Balaban J connectivity index is 2.88. The number of hydrogen-bond donors (Lipinski definition) is 0. The number of aryl methyl sites for hydroxylation is 1. The highest BCUT2D eigenvalue weighted by Gasteiger charge is 2.18. The third-order valence-electron chi connectivity index (χ3n) is 2.49. The van der Waals surface area contributed by atoms with Gasteiger partial charge in [-0.15, -0.1) is 23.2 Å². The fourth-order valence-corrected chi connectivity index (χ4v) is 2.04. The van der Waals surface area contributed by atoms with Crippen molar-refractivity contribution in [3.05, 3.63) is 35.4 Å². The lowest BCUT2D eigenvalue weighted by molar-refractivity contribution is 0.0766. The average Bonchev–Trinajstić information content (AvgIpc) is 2.28. The smallest absolute Gasteiger partial charge is 0.254 e. The molecule has 0 N–H and O–H groups in total. The quantitative estimate of drug-likeness (QED) is 0.754. The Morgan fingerprint density at radius 3 is 2.59 bits per heavy atom. The molecule has 1 atom stereocenters. The van der Waals surface area contributed by atoms with Gasteiger partial charge in [-0.25, -0.2) is 0 Å². The van der Waals surface area contributed by atoms with Gasteiger partial charge in [-0.1, -0.05) is 18.2 Å². The Morgan fingerprint density at radius 2 is 2.06 bits per heavy atom. The van der Waals surface area contributed by atoms with Crippen LogP contribution in [0.5, 0.6) is 0 Å². The minimum absolute atomic E-state index is 0.00347. The number of carbonyl (C=O) groups is 1. The number of amides is 1. The van der Waals surface area contributed by atoms with E-state index in [0.29, 0.717) is 19.0 Å². The van der Waals surface area contributed by atoms with Crippen LogP contribution < -0.4 is 0 Å². The Hall–Kier alpha value is -0.730. The van der Waals surface area contributed by atoms with Gasteiger partial charge < -0.3 is 4.90 Å². The zero-order chi connectivity index (χ0) is 12.8. The molecule has 94 valence electrons. The van der Waals surface area contributed by atoms with Crippen LogP contribution in [0.25, 0.3) is 0 Å².